The maximum absolute atomic E-state index is 13.1. The van der Waals surface area contributed by atoms with E-state index in [-0.39, 0.29) is 17.1 Å². The number of rotatable bonds is 6. The molecule has 0 bridgehead atoms. The Morgan fingerprint density at radius 3 is 2.58 bits per heavy atom. The van der Waals surface area contributed by atoms with Gasteiger partial charge in [-0.05, 0) is 30.7 Å². The molecular formula is C16H15BrN2O4S. The fourth-order valence-corrected chi connectivity index (χ4v) is 4.25. The molecule has 0 unspecified atom stereocenters. The second-order valence-corrected chi connectivity index (χ2v) is 7.76. The van der Waals surface area contributed by atoms with Crippen LogP contribution in [0, 0.1) is 17.0 Å². The number of aryl methyl sites for hydroxylation is 1. The van der Waals surface area contributed by atoms with Crippen LogP contribution in [0.4, 0.5) is 11.4 Å². The van der Waals surface area contributed by atoms with Crippen LogP contribution in [0.2, 0.25) is 0 Å². The topological polar surface area (TPSA) is 80.5 Å². The van der Waals surface area contributed by atoms with Crippen molar-refractivity contribution in [1.29, 1.82) is 0 Å². The van der Waals surface area contributed by atoms with E-state index in [0.29, 0.717) is 11.3 Å². The molecule has 0 aromatic heterocycles. The molecule has 0 saturated heterocycles. The number of benzene rings is 2. The summed E-state index contributed by atoms with van der Waals surface area (Å²) in [6.45, 7) is 5.24. The molecule has 0 N–H and O–H groups in total. The van der Waals surface area contributed by atoms with Crippen molar-refractivity contribution >= 4 is 37.3 Å². The lowest BCUT2D eigenvalue weighted by Gasteiger charge is -2.24. The van der Waals surface area contributed by atoms with Gasteiger partial charge in [-0.25, -0.2) is 8.42 Å². The molecule has 0 amide bonds. The van der Waals surface area contributed by atoms with Gasteiger partial charge in [0.15, 0.2) is 0 Å². The Labute approximate surface area is 148 Å². The first-order valence-corrected chi connectivity index (χ1v) is 9.15. The second kappa shape index (κ2) is 7.14. The van der Waals surface area contributed by atoms with Crippen LogP contribution in [-0.2, 0) is 10.0 Å². The second-order valence-electron chi connectivity index (χ2n) is 5.01. The number of nitrogens with zero attached hydrogens (tertiary/aromatic N) is 2. The molecule has 0 fully saturated rings. The molecule has 0 radical (unpaired) electrons. The number of hydrogen-bond acceptors (Lipinski definition) is 4. The molecule has 0 atom stereocenters. The number of nitro benzene ring substituents is 1. The number of hydrogen-bond donors (Lipinski definition) is 0. The van der Waals surface area contributed by atoms with E-state index in [1.807, 2.05) is 0 Å². The van der Waals surface area contributed by atoms with Crippen molar-refractivity contribution in [1.82, 2.24) is 0 Å². The molecule has 2 aromatic carbocycles. The Morgan fingerprint density at radius 2 is 2.00 bits per heavy atom. The van der Waals surface area contributed by atoms with Gasteiger partial charge < -0.3 is 0 Å². The molecule has 0 heterocycles. The van der Waals surface area contributed by atoms with Crippen molar-refractivity contribution < 1.29 is 13.3 Å². The van der Waals surface area contributed by atoms with Crippen LogP contribution < -0.4 is 4.31 Å². The van der Waals surface area contributed by atoms with E-state index in [0.717, 1.165) is 14.8 Å². The molecule has 24 heavy (non-hydrogen) atoms. The summed E-state index contributed by atoms with van der Waals surface area (Å²) in [4.78, 5) is 10.3. The van der Waals surface area contributed by atoms with Crippen LogP contribution in [0.1, 0.15) is 5.56 Å². The summed E-state index contributed by atoms with van der Waals surface area (Å²) < 4.78 is 28.0. The first-order valence-electron chi connectivity index (χ1n) is 6.91. The Kier molecular flexibility index (Phi) is 5.40. The number of nitro groups is 1. The average Bonchev–Trinajstić information content (AvgIpc) is 2.52. The van der Waals surface area contributed by atoms with E-state index in [4.69, 9.17) is 0 Å². The van der Waals surface area contributed by atoms with Gasteiger partial charge in [0.05, 0.1) is 22.1 Å². The molecule has 2 rings (SSSR count). The van der Waals surface area contributed by atoms with Gasteiger partial charge in [-0.2, -0.15) is 0 Å². The first-order chi connectivity index (χ1) is 11.3. The average molecular weight is 411 g/mol. The smallest absolute Gasteiger partial charge is 0.262 e. The predicted molar refractivity (Wildman–Crippen MR) is 96.7 cm³/mol. The SMILES string of the molecule is C=CCN(c1cccc(Br)c1)S(=O)(=O)c1cc([N+](=O)[O-])ccc1C. The Balaban J connectivity index is 2.63. The molecular weight excluding hydrogens is 396 g/mol. The normalized spacial score (nSPS) is 11.1. The third-order valence-corrected chi connectivity index (χ3v) is 5.77. The van der Waals surface area contributed by atoms with Gasteiger partial charge in [0.2, 0.25) is 0 Å². The molecule has 6 nitrogen and oxygen atoms in total. The number of anilines is 1. The molecule has 0 aliphatic rings. The van der Waals surface area contributed by atoms with Crippen molar-refractivity contribution in [2.24, 2.45) is 0 Å². The molecule has 0 saturated carbocycles. The van der Waals surface area contributed by atoms with Crippen molar-refractivity contribution in [3.63, 3.8) is 0 Å². The quantitative estimate of drug-likeness (QED) is 0.408. The summed E-state index contributed by atoms with van der Waals surface area (Å²) in [5.74, 6) is 0. The third kappa shape index (κ3) is 3.65. The van der Waals surface area contributed by atoms with Gasteiger partial charge in [0, 0.05) is 16.6 Å². The van der Waals surface area contributed by atoms with E-state index < -0.39 is 14.9 Å². The van der Waals surface area contributed by atoms with Crippen LogP contribution in [0.3, 0.4) is 0 Å². The lowest BCUT2D eigenvalue weighted by Crippen LogP contribution is -2.31. The van der Waals surface area contributed by atoms with E-state index in [1.165, 1.54) is 18.2 Å². The maximum Gasteiger partial charge on any atom is 0.270 e. The fourth-order valence-electron chi connectivity index (χ4n) is 2.19. The summed E-state index contributed by atoms with van der Waals surface area (Å²) in [7, 11) is -3.98. The van der Waals surface area contributed by atoms with E-state index in [2.05, 4.69) is 22.5 Å². The summed E-state index contributed by atoms with van der Waals surface area (Å²) in [5.41, 5.74) is 0.604. The zero-order chi connectivity index (χ0) is 17.9. The van der Waals surface area contributed by atoms with Gasteiger partial charge in [-0.1, -0.05) is 34.1 Å². The lowest BCUT2D eigenvalue weighted by atomic mass is 10.2. The standard InChI is InChI=1S/C16H15BrN2O4S/c1-3-9-18(14-6-4-5-13(17)10-14)24(22,23)16-11-15(19(20)21)8-7-12(16)2/h3-8,10-11H,1,9H2,2H3. The minimum atomic E-state index is -3.98. The zero-order valence-electron chi connectivity index (χ0n) is 12.8. The van der Waals surface area contributed by atoms with Gasteiger partial charge >= 0.3 is 0 Å². The first kappa shape index (κ1) is 18.2. The van der Waals surface area contributed by atoms with E-state index >= 15 is 0 Å². The molecule has 0 aliphatic carbocycles. The van der Waals surface area contributed by atoms with Gasteiger partial charge in [-0.15, -0.1) is 6.58 Å². The highest BCUT2D eigenvalue weighted by Crippen LogP contribution is 2.29. The lowest BCUT2D eigenvalue weighted by molar-refractivity contribution is -0.385. The number of halogens is 1. The summed E-state index contributed by atoms with van der Waals surface area (Å²) in [6.07, 6.45) is 1.46. The van der Waals surface area contributed by atoms with E-state index in [1.54, 1.807) is 31.2 Å². The Morgan fingerprint density at radius 1 is 1.29 bits per heavy atom. The van der Waals surface area contributed by atoms with Gasteiger partial charge in [0.25, 0.3) is 15.7 Å². The summed E-state index contributed by atoms with van der Waals surface area (Å²) >= 11 is 3.31. The van der Waals surface area contributed by atoms with Crippen LogP contribution in [0.5, 0.6) is 0 Å². The van der Waals surface area contributed by atoms with Crippen LogP contribution >= 0.6 is 15.9 Å². The van der Waals surface area contributed by atoms with E-state index in [9.17, 15) is 18.5 Å². The van der Waals surface area contributed by atoms with Crippen molar-refractivity contribution in [3.8, 4) is 0 Å². The highest BCUT2D eigenvalue weighted by molar-refractivity contribution is 9.10. The Hall–Kier alpha value is -2.19. The van der Waals surface area contributed by atoms with Crippen LogP contribution in [-0.4, -0.2) is 19.9 Å². The Bertz CT molecular complexity index is 897. The zero-order valence-corrected chi connectivity index (χ0v) is 15.2. The highest BCUT2D eigenvalue weighted by Gasteiger charge is 2.27. The van der Waals surface area contributed by atoms with Crippen LogP contribution in [0.25, 0.3) is 0 Å². The molecule has 126 valence electrons. The molecule has 2 aromatic rings. The third-order valence-electron chi connectivity index (χ3n) is 3.34. The monoisotopic (exact) mass is 410 g/mol. The largest absolute Gasteiger partial charge is 0.270 e. The van der Waals surface area contributed by atoms with Gasteiger partial charge in [0.1, 0.15) is 0 Å². The number of non-ortho nitro benzene ring substituents is 1. The van der Waals surface area contributed by atoms with Crippen LogP contribution in [0.15, 0.2) is 64.5 Å². The minimum absolute atomic E-state index is 0.0426. The minimum Gasteiger partial charge on any atom is -0.262 e. The molecule has 8 heteroatoms. The molecule has 0 spiro atoms. The summed E-state index contributed by atoms with van der Waals surface area (Å²) in [5, 5.41) is 11.0. The van der Waals surface area contributed by atoms with Gasteiger partial charge in [-0.3, -0.25) is 14.4 Å². The van der Waals surface area contributed by atoms with Crippen molar-refractivity contribution in [2.75, 3.05) is 10.8 Å². The maximum atomic E-state index is 13.1. The van der Waals surface area contributed by atoms with Crippen molar-refractivity contribution in [2.45, 2.75) is 11.8 Å². The predicted octanol–water partition coefficient (Wildman–Crippen LogP) is 4.05. The fraction of sp³-hybridized carbons (Fsp3) is 0.125. The summed E-state index contributed by atoms with van der Waals surface area (Å²) in [6, 6.07) is 10.6. The highest BCUT2D eigenvalue weighted by atomic mass is 79.9. The molecule has 0 aliphatic heterocycles. The van der Waals surface area contributed by atoms with Crippen molar-refractivity contribution in [3.05, 3.63) is 75.3 Å². The number of sulfonamides is 1.